The van der Waals surface area contributed by atoms with E-state index in [0.717, 1.165) is 0 Å². The highest BCUT2D eigenvalue weighted by atomic mass is 16.5. The van der Waals surface area contributed by atoms with E-state index in [4.69, 9.17) is 10.5 Å². The number of carbonyl (C=O) groups is 1. The van der Waals surface area contributed by atoms with Crippen LogP contribution in [0.2, 0.25) is 0 Å². The molecule has 1 atom stereocenters. The van der Waals surface area contributed by atoms with Gasteiger partial charge in [0.15, 0.2) is 5.78 Å². The van der Waals surface area contributed by atoms with Crippen molar-refractivity contribution in [2.75, 3.05) is 12.3 Å². The Morgan fingerprint density at radius 1 is 1.45 bits per heavy atom. The lowest BCUT2D eigenvalue weighted by atomic mass is 10.0. The van der Waals surface area contributed by atoms with Gasteiger partial charge in [0.05, 0.1) is 18.3 Å². The fourth-order valence-corrected chi connectivity index (χ4v) is 2.76. The molecule has 3 N–H and O–H groups in total. The Balaban J connectivity index is 2.02. The SMILES string of the molecule is CCOc1ccc(C(=O)C(C)NC2CCCC2)cc1N. The van der Waals surface area contributed by atoms with Crippen molar-refractivity contribution in [2.24, 2.45) is 0 Å². The number of carbonyl (C=O) groups excluding carboxylic acids is 1. The van der Waals surface area contributed by atoms with Crippen molar-refractivity contribution < 1.29 is 9.53 Å². The summed E-state index contributed by atoms with van der Waals surface area (Å²) in [5.41, 5.74) is 7.07. The zero-order valence-electron chi connectivity index (χ0n) is 12.3. The predicted molar refractivity (Wildman–Crippen MR) is 81.2 cm³/mol. The molecule has 1 saturated carbocycles. The molecule has 4 heteroatoms. The predicted octanol–water partition coefficient (Wildman–Crippen LogP) is 2.77. The fraction of sp³-hybridized carbons (Fsp3) is 0.562. The summed E-state index contributed by atoms with van der Waals surface area (Å²) in [5, 5.41) is 3.41. The van der Waals surface area contributed by atoms with E-state index in [0.29, 0.717) is 29.6 Å². The van der Waals surface area contributed by atoms with Crippen LogP contribution < -0.4 is 15.8 Å². The van der Waals surface area contributed by atoms with E-state index in [1.54, 1.807) is 18.2 Å². The van der Waals surface area contributed by atoms with Gasteiger partial charge in [-0.25, -0.2) is 0 Å². The van der Waals surface area contributed by atoms with Gasteiger partial charge in [-0.05, 0) is 44.9 Å². The molecule has 1 aliphatic rings. The number of benzene rings is 1. The molecule has 0 spiro atoms. The maximum atomic E-state index is 12.4. The molecule has 20 heavy (non-hydrogen) atoms. The molecule has 1 unspecified atom stereocenters. The second-order valence-electron chi connectivity index (χ2n) is 5.42. The Morgan fingerprint density at radius 3 is 2.75 bits per heavy atom. The molecule has 1 fully saturated rings. The first-order chi connectivity index (χ1) is 9.61. The molecule has 0 heterocycles. The summed E-state index contributed by atoms with van der Waals surface area (Å²) in [4.78, 5) is 12.4. The molecule has 0 saturated heterocycles. The Hall–Kier alpha value is -1.55. The van der Waals surface area contributed by atoms with Crippen LogP contribution in [0.3, 0.4) is 0 Å². The molecule has 0 bridgehead atoms. The third-order valence-corrected chi connectivity index (χ3v) is 3.83. The molecule has 1 aromatic rings. The van der Waals surface area contributed by atoms with Crippen LogP contribution in [0, 0.1) is 0 Å². The topological polar surface area (TPSA) is 64.3 Å². The molecule has 0 radical (unpaired) electrons. The van der Waals surface area contributed by atoms with Crippen LogP contribution in [-0.2, 0) is 0 Å². The van der Waals surface area contributed by atoms with E-state index < -0.39 is 0 Å². The molecule has 1 aromatic carbocycles. The van der Waals surface area contributed by atoms with Crippen molar-refractivity contribution in [2.45, 2.75) is 51.6 Å². The first-order valence-corrected chi connectivity index (χ1v) is 7.44. The third-order valence-electron chi connectivity index (χ3n) is 3.83. The highest BCUT2D eigenvalue weighted by Gasteiger charge is 2.22. The number of nitrogens with one attached hydrogen (secondary N) is 1. The summed E-state index contributed by atoms with van der Waals surface area (Å²) in [6.07, 6.45) is 4.86. The van der Waals surface area contributed by atoms with Crippen LogP contribution in [0.25, 0.3) is 0 Å². The van der Waals surface area contributed by atoms with E-state index in [2.05, 4.69) is 5.32 Å². The number of hydrogen-bond donors (Lipinski definition) is 2. The van der Waals surface area contributed by atoms with E-state index in [-0.39, 0.29) is 11.8 Å². The van der Waals surface area contributed by atoms with Crippen LogP contribution in [0.1, 0.15) is 49.9 Å². The average molecular weight is 276 g/mol. The lowest BCUT2D eigenvalue weighted by Crippen LogP contribution is -2.40. The van der Waals surface area contributed by atoms with Crippen molar-refractivity contribution in [1.29, 1.82) is 0 Å². The first-order valence-electron chi connectivity index (χ1n) is 7.44. The van der Waals surface area contributed by atoms with E-state index >= 15 is 0 Å². The van der Waals surface area contributed by atoms with Crippen molar-refractivity contribution in [3.63, 3.8) is 0 Å². The Morgan fingerprint density at radius 2 is 2.15 bits per heavy atom. The number of ketones is 1. The fourth-order valence-electron chi connectivity index (χ4n) is 2.76. The number of hydrogen-bond acceptors (Lipinski definition) is 4. The summed E-state index contributed by atoms with van der Waals surface area (Å²) >= 11 is 0. The summed E-state index contributed by atoms with van der Waals surface area (Å²) in [6, 6.07) is 5.58. The Labute approximate surface area is 120 Å². The zero-order chi connectivity index (χ0) is 14.5. The summed E-state index contributed by atoms with van der Waals surface area (Å²) in [5.74, 6) is 0.729. The highest BCUT2D eigenvalue weighted by Crippen LogP contribution is 2.24. The Bertz CT molecular complexity index is 468. The maximum Gasteiger partial charge on any atom is 0.179 e. The normalized spacial score (nSPS) is 17.1. The first kappa shape index (κ1) is 14.9. The van der Waals surface area contributed by atoms with Crippen molar-refractivity contribution in [3.05, 3.63) is 23.8 Å². The van der Waals surface area contributed by atoms with Gasteiger partial charge in [0, 0.05) is 11.6 Å². The largest absolute Gasteiger partial charge is 0.492 e. The molecule has 0 amide bonds. The zero-order valence-corrected chi connectivity index (χ0v) is 12.3. The van der Waals surface area contributed by atoms with Gasteiger partial charge in [-0.1, -0.05) is 12.8 Å². The summed E-state index contributed by atoms with van der Waals surface area (Å²) in [7, 11) is 0. The summed E-state index contributed by atoms with van der Waals surface area (Å²) in [6.45, 7) is 4.40. The van der Waals surface area contributed by atoms with Crippen LogP contribution in [-0.4, -0.2) is 24.5 Å². The smallest absolute Gasteiger partial charge is 0.179 e. The second kappa shape index (κ2) is 6.75. The van der Waals surface area contributed by atoms with Crippen molar-refractivity contribution in [3.8, 4) is 5.75 Å². The van der Waals surface area contributed by atoms with Crippen LogP contribution in [0.15, 0.2) is 18.2 Å². The number of ether oxygens (including phenoxy) is 1. The van der Waals surface area contributed by atoms with Crippen molar-refractivity contribution >= 4 is 11.5 Å². The number of rotatable bonds is 6. The van der Waals surface area contributed by atoms with E-state index in [1.165, 1.54) is 25.7 Å². The number of nitrogen functional groups attached to an aromatic ring is 1. The second-order valence-corrected chi connectivity index (χ2v) is 5.42. The van der Waals surface area contributed by atoms with Gasteiger partial charge >= 0.3 is 0 Å². The van der Waals surface area contributed by atoms with Crippen LogP contribution in [0.5, 0.6) is 5.75 Å². The number of nitrogens with two attached hydrogens (primary N) is 1. The number of anilines is 1. The van der Waals surface area contributed by atoms with Gasteiger partial charge in [-0.15, -0.1) is 0 Å². The maximum absolute atomic E-state index is 12.4. The molecular formula is C16H24N2O2. The number of Topliss-reactive ketones (excluding diaryl/α,β-unsaturated/α-hetero) is 1. The van der Waals surface area contributed by atoms with Gasteiger partial charge in [0.25, 0.3) is 0 Å². The third kappa shape index (κ3) is 3.51. The molecule has 110 valence electrons. The highest BCUT2D eigenvalue weighted by molar-refractivity contribution is 6.00. The van der Waals surface area contributed by atoms with Crippen LogP contribution >= 0.6 is 0 Å². The molecule has 4 nitrogen and oxygen atoms in total. The minimum absolute atomic E-state index is 0.0895. The van der Waals surface area contributed by atoms with Gasteiger partial charge in [-0.3, -0.25) is 4.79 Å². The van der Waals surface area contributed by atoms with Crippen LogP contribution in [0.4, 0.5) is 5.69 Å². The van der Waals surface area contributed by atoms with E-state index in [1.807, 2.05) is 13.8 Å². The quantitative estimate of drug-likeness (QED) is 0.619. The minimum atomic E-state index is -0.171. The average Bonchev–Trinajstić information content (AvgIpc) is 2.93. The van der Waals surface area contributed by atoms with Gasteiger partial charge in [0.2, 0.25) is 0 Å². The van der Waals surface area contributed by atoms with E-state index in [9.17, 15) is 4.79 Å². The Kier molecular flexibility index (Phi) is 5.01. The molecule has 2 rings (SSSR count). The molecule has 0 aromatic heterocycles. The van der Waals surface area contributed by atoms with Gasteiger partial charge in [-0.2, -0.15) is 0 Å². The molecule has 1 aliphatic carbocycles. The van der Waals surface area contributed by atoms with Crippen molar-refractivity contribution in [1.82, 2.24) is 5.32 Å². The monoisotopic (exact) mass is 276 g/mol. The lowest BCUT2D eigenvalue weighted by Gasteiger charge is -2.18. The molecular weight excluding hydrogens is 252 g/mol. The molecule has 0 aliphatic heterocycles. The van der Waals surface area contributed by atoms with Gasteiger partial charge < -0.3 is 15.8 Å². The lowest BCUT2D eigenvalue weighted by molar-refractivity contribution is 0.0944. The summed E-state index contributed by atoms with van der Waals surface area (Å²) < 4.78 is 5.39. The van der Waals surface area contributed by atoms with Gasteiger partial charge in [0.1, 0.15) is 5.75 Å². The minimum Gasteiger partial charge on any atom is -0.492 e. The standard InChI is InChI=1S/C16H24N2O2/c1-3-20-15-9-8-12(10-14(15)17)16(19)11(2)18-13-6-4-5-7-13/h8-11,13,18H,3-7,17H2,1-2H3.